The van der Waals surface area contributed by atoms with Crippen molar-refractivity contribution < 1.29 is 22.7 Å². The van der Waals surface area contributed by atoms with Gasteiger partial charge in [0.15, 0.2) is 0 Å². The van der Waals surface area contributed by atoms with Gasteiger partial charge in [-0.3, -0.25) is 0 Å². The number of allylic oxidation sites excluding steroid dienone is 2. The molecule has 2 nitrogen and oxygen atoms in total. The molecule has 0 aliphatic carbocycles. The van der Waals surface area contributed by atoms with E-state index in [0.717, 1.165) is 80.7 Å². The molecule has 0 saturated carbocycles. The van der Waals surface area contributed by atoms with E-state index in [1.807, 2.05) is 0 Å². The standard InChI is InChI=1S/C47H74N2.2C23H47.Pd/c1-9-16-20-24-30-43-36(8)46(41-32-37(25-13-5)44(27-15-7)38(33-41)26-14-6)49(48)47(43)42-34-39(28-21-17-10-2)45(31-23-19-12-4)40(35-42)29-22-18-11-3;2*1-3-5-7-9-11-13-15-17-19-21-23-22-20-18-16-14-12-10-8-6-4-2;/h32-35H,9-31H2,1-8H3;2*1,3-23H2,2H3;. The Kier molecular flexibility index (Phi) is 62.5. The van der Waals surface area contributed by atoms with Crippen molar-refractivity contribution in [3.05, 3.63) is 85.5 Å². The van der Waals surface area contributed by atoms with Crippen LogP contribution >= 0.6 is 0 Å². The third-order valence-corrected chi connectivity index (χ3v) is 23.7. The van der Waals surface area contributed by atoms with Gasteiger partial charge in [0.2, 0.25) is 11.4 Å². The second-order valence-corrected chi connectivity index (χ2v) is 33.0. The van der Waals surface area contributed by atoms with E-state index in [0.29, 0.717) is 0 Å². The molecule has 0 aromatic heterocycles. The minimum atomic E-state index is 1.02. The molecular formula is C93H168N2Pd. The molecule has 0 bridgehead atoms. The van der Waals surface area contributed by atoms with Crippen LogP contribution in [0, 0.1) is 0 Å². The normalized spacial score (nSPS) is 12.6. The Labute approximate surface area is 611 Å². The molecule has 1 aliphatic rings. The predicted octanol–water partition coefficient (Wildman–Crippen LogP) is 33.2. The van der Waals surface area contributed by atoms with Crippen LogP contribution in [0.4, 0.5) is 0 Å². The van der Waals surface area contributed by atoms with Crippen LogP contribution in [0.2, 0.25) is 9.79 Å². The van der Waals surface area contributed by atoms with E-state index < -0.39 is 0 Å². The van der Waals surface area contributed by atoms with Gasteiger partial charge in [-0.05, 0) is 135 Å². The van der Waals surface area contributed by atoms with E-state index in [9.17, 15) is 5.53 Å². The Morgan fingerprint density at radius 2 is 0.469 bits per heavy atom. The van der Waals surface area contributed by atoms with Crippen LogP contribution in [0.25, 0.3) is 16.9 Å². The fourth-order valence-corrected chi connectivity index (χ4v) is 17.5. The number of aryl methyl sites for hydroxylation is 4. The Morgan fingerprint density at radius 1 is 0.240 bits per heavy atom. The first-order chi connectivity index (χ1) is 47.3. The van der Waals surface area contributed by atoms with Crippen molar-refractivity contribution in [3.8, 4) is 0 Å². The van der Waals surface area contributed by atoms with Gasteiger partial charge in [0, 0.05) is 22.3 Å². The molecule has 0 unspecified atom stereocenters. The molecule has 0 radical (unpaired) electrons. The Hall–Kier alpha value is -1.82. The van der Waals surface area contributed by atoms with Crippen LogP contribution in [0.5, 0.6) is 0 Å². The third kappa shape index (κ3) is 43.9. The fraction of sp³-hybridized carbons (Fsp3) is 0.828. The van der Waals surface area contributed by atoms with Gasteiger partial charge >= 0.3 is 169 Å². The van der Waals surface area contributed by atoms with Crippen LogP contribution in [0.3, 0.4) is 0 Å². The van der Waals surface area contributed by atoms with Gasteiger partial charge in [-0.2, -0.15) is 0 Å². The predicted molar refractivity (Wildman–Crippen MR) is 431 cm³/mol. The summed E-state index contributed by atoms with van der Waals surface area (Å²) in [5, 5.41) is 0. The first-order valence-corrected chi connectivity index (χ1v) is 46.2. The first kappa shape index (κ1) is 90.3. The van der Waals surface area contributed by atoms with E-state index in [1.165, 1.54) is 399 Å². The van der Waals surface area contributed by atoms with Crippen LogP contribution in [-0.4, -0.2) is 4.70 Å². The van der Waals surface area contributed by atoms with E-state index in [4.69, 9.17) is 0 Å². The molecule has 0 spiro atoms. The molecule has 560 valence electrons. The maximum atomic E-state index is 12.5. The van der Waals surface area contributed by atoms with E-state index >= 15 is 0 Å². The fourth-order valence-electron chi connectivity index (χ4n) is 15.5. The summed E-state index contributed by atoms with van der Waals surface area (Å²) in [4.78, 5) is 3.10. The molecule has 3 rings (SSSR count). The molecule has 3 heteroatoms. The number of benzene rings is 2. The van der Waals surface area contributed by atoms with Crippen LogP contribution in [0.1, 0.15) is 493 Å². The molecule has 1 aliphatic heterocycles. The van der Waals surface area contributed by atoms with Gasteiger partial charge < -0.3 is 5.53 Å². The monoisotopic (exact) mass is 1420 g/mol. The van der Waals surface area contributed by atoms with Crippen molar-refractivity contribution in [2.45, 2.75) is 496 Å². The number of hydrogen-bond donors (Lipinski definition) is 0. The Balaban J connectivity index is 0.000000654. The van der Waals surface area contributed by atoms with Gasteiger partial charge in [-0.1, -0.05) is 268 Å². The molecule has 0 saturated heterocycles. The molecule has 0 atom stereocenters. The van der Waals surface area contributed by atoms with Crippen molar-refractivity contribution in [2.75, 3.05) is 0 Å². The summed E-state index contributed by atoms with van der Waals surface area (Å²) in [6.07, 6.45) is 90.1. The van der Waals surface area contributed by atoms with Crippen LogP contribution < -0.4 is 0 Å². The molecule has 2 aromatic carbocycles. The molecule has 2 aromatic rings. The van der Waals surface area contributed by atoms with Crippen LogP contribution in [0.15, 0.2) is 35.4 Å². The van der Waals surface area contributed by atoms with Crippen molar-refractivity contribution in [2.24, 2.45) is 0 Å². The second-order valence-electron chi connectivity index (χ2n) is 30.7. The average Bonchev–Trinajstić information content (AvgIpc) is 1.58. The smallest absolute Gasteiger partial charge is 0.0654 e. The molecule has 0 amide bonds. The average molecular weight is 1420 g/mol. The van der Waals surface area contributed by atoms with Gasteiger partial charge in [-0.25, -0.2) is 4.70 Å². The van der Waals surface area contributed by atoms with E-state index in [2.05, 4.69) is 93.5 Å². The Morgan fingerprint density at radius 3 is 0.771 bits per heavy atom. The first-order valence-electron chi connectivity index (χ1n) is 44.0. The van der Waals surface area contributed by atoms with Crippen molar-refractivity contribution in [1.29, 1.82) is 0 Å². The summed E-state index contributed by atoms with van der Waals surface area (Å²) < 4.78 is 1.64. The van der Waals surface area contributed by atoms with Gasteiger partial charge in [-0.15, -0.1) is 0 Å². The summed E-state index contributed by atoms with van der Waals surface area (Å²) >= 11 is 1.06. The molecule has 1 heterocycles. The van der Waals surface area contributed by atoms with Gasteiger partial charge in [0.25, 0.3) is 0 Å². The number of unbranched alkanes of at least 4 members (excludes halogenated alkanes) is 49. The topological polar surface area (TPSA) is 25.3 Å². The van der Waals surface area contributed by atoms with Crippen molar-refractivity contribution in [1.82, 2.24) is 0 Å². The van der Waals surface area contributed by atoms with E-state index in [-0.39, 0.29) is 0 Å². The number of nitrogens with zero attached hydrogens (tertiary/aromatic N) is 2. The molecular weight excluding hydrogens is 1250 g/mol. The summed E-state index contributed by atoms with van der Waals surface area (Å²) in [5.74, 6) is 0. The molecule has 0 fully saturated rings. The van der Waals surface area contributed by atoms with E-state index in [1.54, 1.807) is 36.7 Å². The summed E-state index contributed by atoms with van der Waals surface area (Å²) in [5.41, 5.74) is 28.9. The SMILES string of the molecule is CCCCCCC1=C(c2cc(CCCCC)c(CCCCC)c(CCCCC)c2)[N+](=[N-])C(c2cc(CCC)c(CCC)c(CCC)c2)=C1C.CCCCCCCCCCCCCCCCCCCCCC[CH2][Pd][CH2]CCCCCCCCCCCCCCCCCCCCCC. The number of hydrogen-bond acceptors (Lipinski definition) is 0. The van der Waals surface area contributed by atoms with Gasteiger partial charge in [0.05, 0.1) is 0 Å². The summed E-state index contributed by atoms with van der Waals surface area (Å²) in [7, 11) is 0. The molecule has 0 N–H and O–H groups in total. The zero-order chi connectivity index (χ0) is 69.4. The third-order valence-electron chi connectivity index (χ3n) is 21.5. The number of rotatable bonds is 69. The zero-order valence-corrected chi connectivity index (χ0v) is 68.5. The van der Waals surface area contributed by atoms with Crippen molar-refractivity contribution in [3.63, 3.8) is 0 Å². The van der Waals surface area contributed by atoms with Gasteiger partial charge in [0.1, 0.15) is 0 Å². The second kappa shape index (κ2) is 66.4. The summed E-state index contributed by atoms with van der Waals surface area (Å²) in [6.45, 7) is 23.1. The minimum Gasteiger partial charge on any atom is -0.0654 e. The quantitative estimate of drug-likeness (QED) is 0.0358. The summed E-state index contributed by atoms with van der Waals surface area (Å²) in [6, 6.07) is 9.90. The maximum absolute atomic E-state index is 12.5. The molecule has 96 heavy (non-hydrogen) atoms. The Bertz CT molecular complexity index is 2050. The zero-order valence-electron chi connectivity index (χ0n) is 66.9. The van der Waals surface area contributed by atoms with Crippen LogP contribution in [-0.2, 0) is 56.5 Å². The van der Waals surface area contributed by atoms with Crippen molar-refractivity contribution >= 4 is 11.4 Å². The minimum absolute atomic E-state index is 1.02.